The summed E-state index contributed by atoms with van der Waals surface area (Å²) in [6.45, 7) is 9.93. The van der Waals surface area contributed by atoms with E-state index in [0.717, 1.165) is 30.4 Å². The number of allylic oxidation sites excluding steroid dienone is 2. The zero-order chi connectivity index (χ0) is 12.8. The van der Waals surface area contributed by atoms with Crippen molar-refractivity contribution in [1.82, 2.24) is 0 Å². The maximum absolute atomic E-state index is 12.1. The van der Waals surface area contributed by atoms with Gasteiger partial charge >= 0.3 is 0 Å². The van der Waals surface area contributed by atoms with Gasteiger partial charge in [-0.2, -0.15) is 0 Å². The number of ketones is 1. The minimum atomic E-state index is -0.774. The van der Waals surface area contributed by atoms with E-state index in [1.165, 1.54) is 0 Å². The molecule has 2 nitrogen and oxygen atoms in total. The Hall–Kier alpha value is -0.890. The zero-order valence-corrected chi connectivity index (χ0v) is 11.0. The molecule has 1 saturated carbocycles. The Kier molecular flexibility index (Phi) is 3.03. The summed E-state index contributed by atoms with van der Waals surface area (Å²) in [5, 5.41) is 10.9. The molecule has 1 fully saturated rings. The first-order chi connectivity index (χ1) is 7.86. The number of hydrogen-bond acceptors (Lipinski definition) is 2. The number of hydrogen-bond donors (Lipinski definition) is 1. The number of rotatable bonds is 1. The van der Waals surface area contributed by atoms with Crippen LogP contribution in [0.2, 0.25) is 0 Å². The number of carbonyl (C=O) groups excluding carboxylic acids is 1. The van der Waals surface area contributed by atoms with Crippen LogP contribution in [0.25, 0.3) is 0 Å². The molecule has 0 amide bonds. The number of aliphatic hydroxyl groups is 1. The van der Waals surface area contributed by atoms with Crippen LogP contribution in [0.4, 0.5) is 0 Å². The summed E-state index contributed by atoms with van der Waals surface area (Å²) in [5.41, 5.74) is 0.956. The van der Waals surface area contributed by atoms with Gasteiger partial charge in [-0.3, -0.25) is 4.79 Å². The van der Waals surface area contributed by atoms with Crippen molar-refractivity contribution in [2.75, 3.05) is 0 Å². The van der Waals surface area contributed by atoms with Gasteiger partial charge in [0.25, 0.3) is 0 Å². The van der Waals surface area contributed by atoms with E-state index in [9.17, 15) is 9.90 Å². The van der Waals surface area contributed by atoms with Crippen LogP contribution in [0, 0.1) is 17.8 Å². The quantitative estimate of drug-likeness (QED) is 0.708. The summed E-state index contributed by atoms with van der Waals surface area (Å²) in [7, 11) is 0. The molecule has 2 heteroatoms. The highest BCUT2D eigenvalue weighted by Gasteiger charge is 2.50. The van der Waals surface area contributed by atoms with Gasteiger partial charge in [-0.15, -0.1) is 0 Å². The van der Waals surface area contributed by atoms with Crippen molar-refractivity contribution in [2.24, 2.45) is 17.8 Å². The lowest BCUT2D eigenvalue weighted by molar-refractivity contribution is -0.127. The molecule has 0 heterocycles. The molecule has 2 rings (SSSR count). The second-order valence-electron chi connectivity index (χ2n) is 5.96. The smallest absolute Gasteiger partial charge is 0.163 e. The Balaban J connectivity index is 2.45. The third-order valence-corrected chi connectivity index (χ3v) is 4.57. The van der Waals surface area contributed by atoms with Gasteiger partial charge in [0, 0.05) is 11.8 Å². The largest absolute Gasteiger partial charge is 0.385 e. The topological polar surface area (TPSA) is 37.3 Å². The van der Waals surface area contributed by atoms with Crippen LogP contribution in [0.5, 0.6) is 0 Å². The Morgan fingerprint density at radius 2 is 2.24 bits per heavy atom. The zero-order valence-electron chi connectivity index (χ0n) is 11.0. The monoisotopic (exact) mass is 234 g/mol. The summed E-state index contributed by atoms with van der Waals surface area (Å²) in [4.78, 5) is 12.1. The molecule has 0 spiro atoms. The fourth-order valence-corrected chi connectivity index (χ4v) is 3.51. The first-order valence-electron chi connectivity index (χ1n) is 6.46. The summed E-state index contributed by atoms with van der Waals surface area (Å²) in [6.07, 6.45) is 4.37. The van der Waals surface area contributed by atoms with Gasteiger partial charge in [0.1, 0.15) is 0 Å². The summed E-state index contributed by atoms with van der Waals surface area (Å²) >= 11 is 0. The fourth-order valence-electron chi connectivity index (χ4n) is 3.51. The average molecular weight is 234 g/mol. The second kappa shape index (κ2) is 4.09. The van der Waals surface area contributed by atoms with E-state index in [4.69, 9.17) is 0 Å². The average Bonchev–Trinajstić information content (AvgIpc) is 2.21. The lowest BCUT2D eigenvalue weighted by Crippen LogP contribution is -2.51. The van der Waals surface area contributed by atoms with Crippen molar-refractivity contribution < 1.29 is 9.90 Å². The van der Waals surface area contributed by atoms with Crippen LogP contribution < -0.4 is 0 Å². The van der Waals surface area contributed by atoms with E-state index >= 15 is 0 Å². The standard InChI is InChI=1S/C15H22O2/c1-9(2)14-12-7-10(3)5-6-15(12,17)11(4)8-13(14)16/h8,10,12,14,17H,1,5-7H2,2-4H3/t10-,12-,14-,15?/m0/s1. The third kappa shape index (κ3) is 1.89. The van der Waals surface area contributed by atoms with Gasteiger partial charge in [0.2, 0.25) is 0 Å². The summed E-state index contributed by atoms with van der Waals surface area (Å²) in [6, 6.07) is 0. The molecule has 0 saturated heterocycles. The number of fused-ring (bicyclic) bond motifs is 1. The molecular formula is C15H22O2. The maximum Gasteiger partial charge on any atom is 0.163 e. The van der Waals surface area contributed by atoms with Crippen LogP contribution in [-0.2, 0) is 4.79 Å². The molecule has 0 aromatic heterocycles. The van der Waals surface area contributed by atoms with Gasteiger partial charge in [0.15, 0.2) is 5.78 Å². The van der Waals surface area contributed by atoms with E-state index in [0.29, 0.717) is 5.92 Å². The molecule has 94 valence electrons. The first-order valence-corrected chi connectivity index (χ1v) is 6.46. The molecule has 17 heavy (non-hydrogen) atoms. The first kappa shape index (κ1) is 12.6. The summed E-state index contributed by atoms with van der Waals surface area (Å²) in [5.74, 6) is 0.548. The SMILES string of the molecule is C=C(C)[C@@H]1C(=O)C=C(C)C2(O)CC[C@H](C)C[C@@H]12. The molecule has 0 aromatic carbocycles. The van der Waals surface area contributed by atoms with Crippen LogP contribution >= 0.6 is 0 Å². The Morgan fingerprint density at radius 3 is 2.82 bits per heavy atom. The Labute approximate surface area is 103 Å². The molecule has 1 N–H and O–H groups in total. The second-order valence-corrected chi connectivity index (χ2v) is 5.96. The lowest BCUT2D eigenvalue weighted by Gasteiger charge is -2.48. The number of carbonyl (C=O) groups is 1. The van der Waals surface area contributed by atoms with E-state index < -0.39 is 5.60 Å². The van der Waals surface area contributed by atoms with Gasteiger partial charge < -0.3 is 5.11 Å². The van der Waals surface area contributed by atoms with Crippen molar-refractivity contribution in [3.8, 4) is 0 Å². The van der Waals surface area contributed by atoms with Crippen molar-refractivity contribution in [2.45, 2.75) is 45.6 Å². The highest BCUT2D eigenvalue weighted by atomic mass is 16.3. The molecule has 0 aliphatic heterocycles. The van der Waals surface area contributed by atoms with Crippen molar-refractivity contribution in [3.05, 3.63) is 23.8 Å². The predicted molar refractivity (Wildman–Crippen MR) is 68.5 cm³/mol. The Morgan fingerprint density at radius 1 is 1.59 bits per heavy atom. The molecule has 2 aliphatic carbocycles. The van der Waals surface area contributed by atoms with Crippen LogP contribution in [-0.4, -0.2) is 16.5 Å². The molecule has 0 bridgehead atoms. The van der Waals surface area contributed by atoms with Gasteiger partial charge in [0.05, 0.1) is 5.60 Å². The lowest BCUT2D eigenvalue weighted by atomic mass is 9.59. The molecule has 4 atom stereocenters. The predicted octanol–water partition coefficient (Wildman–Crippen LogP) is 2.88. The maximum atomic E-state index is 12.1. The normalized spacial score (nSPS) is 41.8. The van der Waals surface area contributed by atoms with Crippen molar-refractivity contribution in [3.63, 3.8) is 0 Å². The summed E-state index contributed by atoms with van der Waals surface area (Å²) < 4.78 is 0. The van der Waals surface area contributed by atoms with Crippen molar-refractivity contribution >= 4 is 5.78 Å². The minimum absolute atomic E-state index is 0.0289. The molecule has 2 aliphatic rings. The van der Waals surface area contributed by atoms with E-state index in [1.807, 2.05) is 13.8 Å². The third-order valence-electron chi connectivity index (χ3n) is 4.57. The van der Waals surface area contributed by atoms with E-state index in [2.05, 4.69) is 13.5 Å². The highest BCUT2D eigenvalue weighted by molar-refractivity contribution is 5.96. The van der Waals surface area contributed by atoms with E-state index in [1.54, 1.807) is 6.08 Å². The van der Waals surface area contributed by atoms with Gasteiger partial charge in [-0.05, 0) is 50.7 Å². The molecule has 1 unspecified atom stereocenters. The highest BCUT2D eigenvalue weighted by Crippen LogP contribution is 2.49. The van der Waals surface area contributed by atoms with Crippen LogP contribution in [0.15, 0.2) is 23.8 Å². The van der Waals surface area contributed by atoms with Gasteiger partial charge in [-0.25, -0.2) is 0 Å². The van der Waals surface area contributed by atoms with Gasteiger partial charge in [-0.1, -0.05) is 19.1 Å². The van der Waals surface area contributed by atoms with Crippen molar-refractivity contribution in [1.29, 1.82) is 0 Å². The fraction of sp³-hybridized carbons (Fsp3) is 0.667. The van der Waals surface area contributed by atoms with E-state index in [-0.39, 0.29) is 17.6 Å². The molecule has 0 aromatic rings. The van der Waals surface area contributed by atoms with Crippen LogP contribution in [0.3, 0.4) is 0 Å². The molecule has 0 radical (unpaired) electrons. The molecular weight excluding hydrogens is 212 g/mol. The Bertz CT molecular complexity index is 394. The van der Waals surface area contributed by atoms with Crippen LogP contribution in [0.1, 0.15) is 40.0 Å². The minimum Gasteiger partial charge on any atom is -0.385 e.